The molecule has 1 heterocycles. The van der Waals surface area contributed by atoms with Gasteiger partial charge in [0, 0.05) is 18.4 Å². The second kappa shape index (κ2) is 8.94. The van der Waals surface area contributed by atoms with E-state index >= 15 is 0 Å². The highest BCUT2D eigenvalue weighted by Gasteiger charge is 2.09. The molecule has 0 fully saturated rings. The molecule has 0 saturated carbocycles. The lowest BCUT2D eigenvalue weighted by Gasteiger charge is -2.11. The number of hydrogen-bond donors (Lipinski definition) is 2. The van der Waals surface area contributed by atoms with E-state index < -0.39 is 0 Å². The first-order valence-corrected chi connectivity index (χ1v) is 9.12. The number of hydrogen-bond acceptors (Lipinski definition) is 4. The molecule has 0 unspecified atom stereocenters. The number of anilines is 2. The molecular weight excluding hydrogens is 336 g/mol. The molecule has 1 aromatic heterocycles. The Bertz CT molecular complexity index is 909. The van der Waals surface area contributed by atoms with Gasteiger partial charge in [-0.15, -0.1) is 0 Å². The maximum Gasteiger partial charge on any atom is 0.270 e. The van der Waals surface area contributed by atoms with Crippen molar-refractivity contribution in [1.29, 1.82) is 0 Å². The molecule has 5 heteroatoms. The lowest BCUT2D eigenvalue weighted by molar-refractivity contribution is 0.0948. The molecule has 2 N–H and O–H groups in total. The minimum Gasteiger partial charge on any atom is -0.351 e. The van der Waals surface area contributed by atoms with Crippen LogP contribution in [0.5, 0.6) is 0 Å². The minimum absolute atomic E-state index is 0.186. The van der Waals surface area contributed by atoms with E-state index in [1.54, 1.807) is 12.3 Å². The first kappa shape index (κ1) is 18.6. The van der Waals surface area contributed by atoms with Gasteiger partial charge in [0.25, 0.3) is 5.91 Å². The first-order chi connectivity index (χ1) is 13.1. The van der Waals surface area contributed by atoms with Crippen LogP contribution < -0.4 is 10.6 Å². The Morgan fingerprint density at radius 2 is 1.81 bits per heavy atom. The van der Waals surface area contributed by atoms with Gasteiger partial charge in [-0.25, -0.2) is 9.97 Å². The number of carbonyl (C=O) groups excluding carboxylic acids is 1. The van der Waals surface area contributed by atoms with Crippen LogP contribution in [-0.4, -0.2) is 22.4 Å². The number of rotatable bonds is 7. The third-order valence-electron chi connectivity index (χ3n) is 4.51. The summed E-state index contributed by atoms with van der Waals surface area (Å²) >= 11 is 0. The van der Waals surface area contributed by atoms with Crippen molar-refractivity contribution in [2.75, 3.05) is 11.9 Å². The number of nitrogens with one attached hydrogen (secondary N) is 2. The maximum absolute atomic E-state index is 12.4. The molecule has 1 amide bonds. The summed E-state index contributed by atoms with van der Waals surface area (Å²) in [5.74, 6) is 0.232. The normalized spacial score (nSPS) is 10.4. The van der Waals surface area contributed by atoms with Crippen molar-refractivity contribution in [2.45, 2.75) is 26.7 Å². The summed E-state index contributed by atoms with van der Waals surface area (Å²) in [6.45, 7) is 4.71. The quantitative estimate of drug-likeness (QED) is 0.620. The van der Waals surface area contributed by atoms with Gasteiger partial charge in [-0.05, 0) is 55.5 Å². The summed E-state index contributed by atoms with van der Waals surface area (Å²) in [6.07, 6.45) is 3.41. The van der Waals surface area contributed by atoms with Crippen LogP contribution in [0.25, 0.3) is 0 Å². The molecule has 138 valence electrons. The van der Waals surface area contributed by atoms with E-state index in [1.807, 2.05) is 37.3 Å². The van der Waals surface area contributed by atoms with Crippen molar-refractivity contribution in [1.82, 2.24) is 15.3 Å². The summed E-state index contributed by atoms with van der Waals surface area (Å²) in [5, 5.41) is 6.12. The molecule has 0 bridgehead atoms. The van der Waals surface area contributed by atoms with Crippen LogP contribution in [0, 0.1) is 13.8 Å². The monoisotopic (exact) mass is 360 g/mol. The van der Waals surface area contributed by atoms with Gasteiger partial charge in [-0.1, -0.05) is 42.5 Å². The molecule has 0 saturated heterocycles. The highest BCUT2D eigenvalue weighted by atomic mass is 16.1. The number of benzene rings is 2. The zero-order valence-corrected chi connectivity index (χ0v) is 15.7. The highest BCUT2D eigenvalue weighted by molar-refractivity contribution is 5.92. The number of aryl methyl sites for hydroxylation is 2. The van der Waals surface area contributed by atoms with Crippen molar-refractivity contribution < 1.29 is 4.79 Å². The largest absolute Gasteiger partial charge is 0.351 e. The Morgan fingerprint density at radius 3 is 2.63 bits per heavy atom. The van der Waals surface area contributed by atoms with Gasteiger partial charge in [-0.2, -0.15) is 0 Å². The predicted molar refractivity (Wildman–Crippen MR) is 108 cm³/mol. The summed E-state index contributed by atoms with van der Waals surface area (Å²) in [5.41, 5.74) is 4.89. The minimum atomic E-state index is -0.186. The highest BCUT2D eigenvalue weighted by Crippen LogP contribution is 2.20. The van der Waals surface area contributed by atoms with E-state index in [4.69, 9.17) is 0 Å². The van der Waals surface area contributed by atoms with Crippen LogP contribution in [0.15, 0.2) is 60.8 Å². The van der Waals surface area contributed by atoms with E-state index in [0.717, 1.165) is 24.1 Å². The zero-order valence-electron chi connectivity index (χ0n) is 15.7. The van der Waals surface area contributed by atoms with Crippen molar-refractivity contribution in [3.05, 3.63) is 83.2 Å². The van der Waals surface area contributed by atoms with Crippen LogP contribution in [0.1, 0.15) is 33.6 Å². The van der Waals surface area contributed by atoms with Gasteiger partial charge in [0.05, 0.1) is 0 Å². The number of nitrogens with zero attached hydrogens (tertiary/aromatic N) is 2. The van der Waals surface area contributed by atoms with Crippen LogP contribution in [0.4, 0.5) is 11.6 Å². The van der Waals surface area contributed by atoms with Gasteiger partial charge < -0.3 is 10.6 Å². The molecule has 2 aromatic carbocycles. The van der Waals surface area contributed by atoms with E-state index in [9.17, 15) is 4.79 Å². The molecule has 0 spiro atoms. The molecule has 0 aliphatic heterocycles. The Balaban J connectivity index is 1.56. The van der Waals surface area contributed by atoms with Gasteiger partial charge >= 0.3 is 0 Å². The molecular formula is C22H24N4O. The van der Waals surface area contributed by atoms with Gasteiger partial charge in [-0.3, -0.25) is 4.79 Å². The molecule has 3 rings (SSSR count). The fourth-order valence-electron chi connectivity index (χ4n) is 2.78. The topological polar surface area (TPSA) is 66.9 Å². The van der Waals surface area contributed by atoms with Crippen LogP contribution in [-0.2, 0) is 6.42 Å². The lowest BCUT2D eigenvalue weighted by Crippen LogP contribution is -2.26. The van der Waals surface area contributed by atoms with E-state index in [2.05, 4.69) is 45.7 Å². The summed E-state index contributed by atoms with van der Waals surface area (Å²) < 4.78 is 0. The Labute approximate surface area is 159 Å². The number of amides is 1. The molecule has 3 aromatic rings. The second-order valence-corrected chi connectivity index (χ2v) is 6.48. The van der Waals surface area contributed by atoms with Crippen molar-refractivity contribution in [2.24, 2.45) is 0 Å². The fourth-order valence-corrected chi connectivity index (χ4v) is 2.78. The third kappa shape index (κ3) is 5.14. The van der Waals surface area contributed by atoms with Gasteiger partial charge in [0.2, 0.25) is 5.95 Å². The average Bonchev–Trinajstić information content (AvgIpc) is 2.70. The van der Waals surface area contributed by atoms with Crippen LogP contribution in [0.2, 0.25) is 0 Å². The van der Waals surface area contributed by atoms with E-state index in [0.29, 0.717) is 18.2 Å². The fraction of sp³-hybridized carbons (Fsp3) is 0.227. The van der Waals surface area contributed by atoms with Crippen molar-refractivity contribution in [3.63, 3.8) is 0 Å². The van der Waals surface area contributed by atoms with Gasteiger partial charge in [0.1, 0.15) is 5.69 Å². The Hall–Kier alpha value is -3.21. The third-order valence-corrected chi connectivity index (χ3v) is 4.51. The molecule has 0 aliphatic carbocycles. The summed E-state index contributed by atoms with van der Waals surface area (Å²) in [6, 6.07) is 17.9. The molecule has 0 aliphatic rings. The average molecular weight is 360 g/mol. The first-order valence-electron chi connectivity index (χ1n) is 9.12. The zero-order chi connectivity index (χ0) is 19.1. The standard InChI is InChI=1S/C22H24N4O/c1-16-8-6-12-19(17(16)2)25-22-24-15-13-20(26-22)21(27)23-14-7-11-18-9-4-3-5-10-18/h3-6,8-10,12-13,15H,7,11,14H2,1-2H3,(H,23,27)(H,24,25,26). The van der Waals surface area contributed by atoms with Crippen LogP contribution >= 0.6 is 0 Å². The molecule has 0 atom stereocenters. The van der Waals surface area contributed by atoms with Crippen molar-refractivity contribution in [3.8, 4) is 0 Å². The molecule has 5 nitrogen and oxygen atoms in total. The number of carbonyl (C=O) groups is 1. The maximum atomic E-state index is 12.4. The second-order valence-electron chi connectivity index (χ2n) is 6.48. The predicted octanol–water partition coefficient (Wildman–Crippen LogP) is 4.20. The smallest absolute Gasteiger partial charge is 0.270 e. The lowest BCUT2D eigenvalue weighted by atomic mass is 10.1. The van der Waals surface area contributed by atoms with Crippen LogP contribution in [0.3, 0.4) is 0 Å². The Morgan fingerprint density at radius 1 is 1.00 bits per heavy atom. The van der Waals surface area contributed by atoms with Crippen molar-refractivity contribution >= 4 is 17.5 Å². The van der Waals surface area contributed by atoms with E-state index in [-0.39, 0.29) is 5.91 Å². The SMILES string of the molecule is Cc1cccc(Nc2nccc(C(=O)NCCCc3ccccc3)n2)c1C. The van der Waals surface area contributed by atoms with E-state index in [1.165, 1.54) is 11.1 Å². The van der Waals surface area contributed by atoms with Gasteiger partial charge in [0.15, 0.2) is 0 Å². The number of aromatic nitrogens is 2. The summed E-state index contributed by atoms with van der Waals surface area (Å²) in [4.78, 5) is 20.9. The summed E-state index contributed by atoms with van der Waals surface area (Å²) in [7, 11) is 0. The Kier molecular flexibility index (Phi) is 6.15. The molecule has 0 radical (unpaired) electrons. The molecule has 27 heavy (non-hydrogen) atoms.